The molecule has 0 aliphatic heterocycles. The van der Waals surface area contributed by atoms with E-state index in [-0.39, 0.29) is 5.88 Å². The van der Waals surface area contributed by atoms with Gasteiger partial charge < -0.3 is 5.11 Å². The van der Waals surface area contributed by atoms with E-state index in [1.54, 1.807) is 42.7 Å². The molecule has 1 aromatic carbocycles. The molecule has 0 bridgehead atoms. The third kappa shape index (κ3) is 2.30. The Balaban J connectivity index is 2.05. The number of halogens is 1. The van der Waals surface area contributed by atoms with Crippen molar-refractivity contribution in [2.24, 2.45) is 0 Å². The number of rotatable bonds is 2. The summed E-state index contributed by atoms with van der Waals surface area (Å²) in [6, 6.07) is 12.4. The van der Waals surface area contributed by atoms with Gasteiger partial charge in [-0.15, -0.1) is 0 Å². The molecule has 0 radical (unpaired) electrons. The maximum atomic E-state index is 9.97. The second-order valence-corrected chi connectivity index (χ2v) is 4.45. The van der Waals surface area contributed by atoms with Crippen molar-refractivity contribution >= 4 is 11.6 Å². The lowest BCUT2D eigenvalue weighted by molar-refractivity contribution is 0.433. The summed E-state index contributed by atoms with van der Waals surface area (Å²) in [7, 11) is 0. The molecule has 0 saturated heterocycles. The van der Waals surface area contributed by atoms with Gasteiger partial charge in [0, 0.05) is 29.0 Å². The highest BCUT2D eigenvalue weighted by molar-refractivity contribution is 6.30. The molecule has 2 heterocycles. The van der Waals surface area contributed by atoms with Crippen molar-refractivity contribution in [2.45, 2.75) is 0 Å². The summed E-state index contributed by atoms with van der Waals surface area (Å²) in [5, 5.41) is 15.0. The van der Waals surface area contributed by atoms with Crippen LogP contribution in [0, 0.1) is 0 Å². The van der Waals surface area contributed by atoms with Crippen LogP contribution in [0.5, 0.6) is 5.88 Å². The summed E-state index contributed by atoms with van der Waals surface area (Å²) in [5.41, 5.74) is 2.34. The molecule has 2 aromatic heterocycles. The molecule has 5 heteroatoms. The fourth-order valence-electron chi connectivity index (χ4n) is 1.81. The third-order valence-electron chi connectivity index (χ3n) is 2.74. The van der Waals surface area contributed by atoms with Gasteiger partial charge in [-0.3, -0.25) is 4.98 Å². The molecular formula is C14H10ClN3O. The van der Waals surface area contributed by atoms with Crippen LogP contribution >= 0.6 is 11.6 Å². The third-order valence-corrected chi connectivity index (χ3v) is 2.99. The van der Waals surface area contributed by atoms with E-state index in [4.69, 9.17) is 11.6 Å². The zero-order chi connectivity index (χ0) is 13.2. The highest BCUT2D eigenvalue weighted by Crippen LogP contribution is 2.25. The maximum absolute atomic E-state index is 9.97. The number of aromatic hydroxyl groups is 1. The van der Waals surface area contributed by atoms with Crippen LogP contribution in [0.3, 0.4) is 0 Å². The highest BCUT2D eigenvalue weighted by atomic mass is 35.5. The molecule has 0 saturated carbocycles. The first kappa shape index (κ1) is 11.7. The standard InChI is InChI=1S/C14H10ClN3O/c15-11-1-3-12(4-2-11)18-14(19)9-13(17-18)10-5-7-16-8-6-10/h1-9,19H. The molecule has 0 spiro atoms. The fraction of sp³-hybridized carbons (Fsp3) is 0. The lowest BCUT2D eigenvalue weighted by Crippen LogP contribution is -1.95. The molecule has 4 nitrogen and oxygen atoms in total. The quantitative estimate of drug-likeness (QED) is 0.778. The Hall–Kier alpha value is -2.33. The van der Waals surface area contributed by atoms with Gasteiger partial charge >= 0.3 is 0 Å². The molecule has 0 amide bonds. The number of nitrogens with zero attached hydrogens (tertiary/aromatic N) is 3. The SMILES string of the molecule is Oc1cc(-c2ccncc2)nn1-c1ccc(Cl)cc1. The van der Waals surface area contributed by atoms with Crippen molar-refractivity contribution in [3.05, 3.63) is 59.9 Å². The van der Waals surface area contributed by atoms with Crippen molar-refractivity contribution in [1.82, 2.24) is 14.8 Å². The van der Waals surface area contributed by atoms with E-state index in [0.29, 0.717) is 10.7 Å². The van der Waals surface area contributed by atoms with Gasteiger partial charge in [0.25, 0.3) is 0 Å². The first-order valence-electron chi connectivity index (χ1n) is 5.69. The molecule has 94 valence electrons. The van der Waals surface area contributed by atoms with Crippen molar-refractivity contribution < 1.29 is 5.11 Å². The predicted molar refractivity (Wildman–Crippen MR) is 73.5 cm³/mol. The van der Waals surface area contributed by atoms with Gasteiger partial charge in [0.1, 0.15) is 0 Å². The molecule has 0 unspecified atom stereocenters. The molecule has 3 rings (SSSR count). The van der Waals surface area contributed by atoms with Crippen molar-refractivity contribution in [3.63, 3.8) is 0 Å². The van der Waals surface area contributed by atoms with Gasteiger partial charge in [-0.1, -0.05) is 11.6 Å². The average molecular weight is 272 g/mol. The average Bonchev–Trinajstić information content (AvgIpc) is 2.83. The van der Waals surface area contributed by atoms with E-state index in [1.807, 2.05) is 12.1 Å². The minimum atomic E-state index is 0.0779. The minimum absolute atomic E-state index is 0.0779. The van der Waals surface area contributed by atoms with Crippen molar-refractivity contribution in [1.29, 1.82) is 0 Å². The predicted octanol–water partition coefficient (Wildman–Crippen LogP) is 3.29. The van der Waals surface area contributed by atoms with E-state index >= 15 is 0 Å². The van der Waals surface area contributed by atoms with Crippen LogP contribution in [-0.2, 0) is 0 Å². The summed E-state index contributed by atoms with van der Waals surface area (Å²) in [4.78, 5) is 3.96. The minimum Gasteiger partial charge on any atom is -0.493 e. The van der Waals surface area contributed by atoms with Gasteiger partial charge in [-0.2, -0.15) is 5.10 Å². The number of hydrogen-bond acceptors (Lipinski definition) is 3. The molecule has 19 heavy (non-hydrogen) atoms. The largest absolute Gasteiger partial charge is 0.493 e. The maximum Gasteiger partial charge on any atom is 0.214 e. The monoisotopic (exact) mass is 271 g/mol. The zero-order valence-electron chi connectivity index (χ0n) is 9.86. The van der Waals surface area contributed by atoms with Crippen molar-refractivity contribution in [3.8, 4) is 22.8 Å². The number of pyridine rings is 1. The van der Waals surface area contributed by atoms with Gasteiger partial charge in [0.2, 0.25) is 5.88 Å². The van der Waals surface area contributed by atoms with E-state index in [1.165, 1.54) is 4.68 Å². The molecule has 0 atom stereocenters. The summed E-state index contributed by atoms with van der Waals surface area (Å²) < 4.78 is 1.46. The number of hydrogen-bond donors (Lipinski definition) is 1. The lowest BCUT2D eigenvalue weighted by Gasteiger charge is -2.02. The van der Waals surface area contributed by atoms with Crippen LogP contribution in [0.25, 0.3) is 16.9 Å². The Morgan fingerprint density at radius 1 is 1.00 bits per heavy atom. The summed E-state index contributed by atoms with van der Waals surface area (Å²) >= 11 is 5.84. The van der Waals surface area contributed by atoms with E-state index < -0.39 is 0 Å². The lowest BCUT2D eigenvalue weighted by atomic mass is 10.2. The van der Waals surface area contributed by atoms with Crippen LogP contribution in [0.15, 0.2) is 54.9 Å². The van der Waals surface area contributed by atoms with Crippen LogP contribution in [-0.4, -0.2) is 19.9 Å². The van der Waals surface area contributed by atoms with E-state index in [2.05, 4.69) is 10.1 Å². The second-order valence-electron chi connectivity index (χ2n) is 4.01. The summed E-state index contributed by atoms with van der Waals surface area (Å²) in [5.74, 6) is 0.0779. The molecule has 0 aliphatic carbocycles. The molecule has 3 aromatic rings. The first-order chi connectivity index (χ1) is 9.24. The zero-order valence-corrected chi connectivity index (χ0v) is 10.6. The smallest absolute Gasteiger partial charge is 0.214 e. The molecule has 1 N–H and O–H groups in total. The highest BCUT2D eigenvalue weighted by Gasteiger charge is 2.09. The van der Waals surface area contributed by atoms with Crippen LogP contribution < -0.4 is 0 Å². The molecule has 0 aliphatic rings. The van der Waals surface area contributed by atoms with Crippen LogP contribution in [0.2, 0.25) is 5.02 Å². The van der Waals surface area contributed by atoms with Crippen LogP contribution in [0.4, 0.5) is 0 Å². The summed E-state index contributed by atoms with van der Waals surface area (Å²) in [6.07, 6.45) is 3.38. The van der Waals surface area contributed by atoms with Gasteiger partial charge in [-0.25, -0.2) is 4.68 Å². The second kappa shape index (κ2) is 4.74. The van der Waals surface area contributed by atoms with Gasteiger partial charge in [-0.05, 0) is 36.4 Å². The van der Waals surface area contributed by atoms with E-state index in [9.17, 15) is 5.11 Å². The Bertz CT molecular complexity index is 692. The van der Waals surface area contributed by atoms with E-state index in [0.717, 1.165) is 11.3 Å². The fourth-order valence-corrected chi connectivity index (χ4v) is 1.93. The van der Waals surface area contributed by atoms with Crippen molar-refractivity contribution in [2.75, 3.05) is 0 Å². The number of benzene rings is 1. The molecular weight excluding hydrogens is 262 g/mol. The Kier molecular flexibility index (Phi) is 2.93. The Labute approximate surface area is 114 Å². The first-order valence-corrected chi connectivity index (χ1v) is 6.07. The normalized spacial score (nSPS) is 10.6. The topological polar surface area (TPSA) is 50.9 Å². The molecule has 0 fully saturated rings. The Morgan fingerprint density at radius 3 is 2.37 bits per heavy atom. The summed E-state index contributed by atoms with van der Waals surface area (Å²) in [6.45, 7) is 0. The van der Waals surface area contributed by atoms with Gasteiger partial charge in [0.15, 0.2) is 0 Å². The van der Waals surface area contributed by atoms with Gasteiger partial charge in [0.05, 0.1) is 11.4 Å². The number of aromatic nitrogens is 3. The Morgan fingerprint density at radius 2 is 1.68 bits per heavy atom. The van der Waals surface area contributed by atoms with Crippen LogP contribution in [0.1, 0.15) is 0 Å².